The molecule has 0 saturated heterocycles. The van der Waals surface area contributed by atoms with Gasteiger partial charge in [0.15, 0.2) is 0 Å². The minimum absolute atomic E-state index is 0.00199. The molecular weight excluding hydrogens is 247 g/mol. The number of rotatable bonds is 4. The number of Topliss-reactive ketones (excluding diaryl/α,β-unsaturated/α-hetero) is 1. The maximum absolute atomic E-state index is 13.9. The number of benzene rings is 1. The molecule has 2 atom stereocenters. The average Bonchev–Trinajstić information content (AvgIpc) is 2.74. The smallest absolute Gasteiger partial charge is 0.310 e. The second kappa shape index (κ2) is 5.51. The minimum atomic E-state index is -1.04. The summed E-state index contributed by atoms with van der Waals surface area (Å²) in [7, 11) is 0. The van der Waals surface area contributed by atoms with Crippen molar-refractivity contribution in [2.75, 3.05) is 0 Å². The van der Waals surface area contributed by atoms with E-state index in [-0.39, 0.29) is 17.3 Å². The Morgan fingerprint density at radius 3 is 2.79 bits per heavy atom. The second-order valence-electron chi connectivity index (χ2n) is 5.18. The monoisotopic (exact) mass is 264 g/mol. The molecule has 2 rings (SSSR count). The van der Waals surface area contributed by atoms with Gasteiger partial charge in [0.05, 0.1) is 5.92 Å². The lowest BCUT2D eigenvalue weighted by Gasteiger charge is -2.12. The Morgan fingerprint density at radius 1 is 1.53 bits per heavy atom. The van der Waals surface area contributed by atoms with E-state index in [1.165, 1.54) is 19.1 Å². The molecule has 102 valence electrons. The SMILES string of the molecule is C[C@@H](C(=O)O)c1ccc(C[C@@H]2CCCC2=O)cc1F. The molecule has 0 aromatic heterocycles. The largest absolute Gasteiger partial charge is 0.481 e. The third kappa shape index (κ3) is 3.00. The molecule has 1 aromatic carbocycles. The lowest BCUT2D eigenvalue weighted by Crippen LogP contribution is -2.12. The van der Waals surface area contributed by atoms with Crippen LogP contribution in [0.25, 0.3) is 0 Å². The fourth-order valence-electron chi connectivity index (χ4n) is 2.57. The first-order valence-corrected chi connectivity index (χ1v) is 6.53. The van der Waals surface area contributed by atoms with E-state index < -0.39 is 17.7 Å². The van der Waals surface area contributed by atoms with E-state index >= 15 is 0 Å². The van der Waals surface area contributed by atoms with Gasteiger partial charge in [0, 0.05) is 17.9 Å². The van der Waals surface area contributed by atoms with Gasteiger partial charge in [0.25, 0.3) is 0 Å². The normalized spacial score (nSPS) is 20.5. The predicted octanol–water partition coefficient (Wildman–Crippen LogP) is 2.93. The van der Waals surface area contributed by atoms with Crippen LogP contribution >= 0.6 is 0 Å². The number of carboxylic acids is 1. The zero-order valence-corrected chi connectivity index (χ0v) is 10.9. The molecule has 0 radical (unpaired) electrons. The highest BCUT2D eigenvalue weighted by Crippen LogP contribution is 2.27. The molecule has 0 unspecified atom stereocenters. The van der Waals surface area contributed by atoms with Crippen molar-refractivity contribution in [2.45, 2.75) is 38.5 Å². The van der Waals surface area contributed by atoms with E-state index in [4.69, 9.17) is 5.11 Å². The Bertz CT molecular complexity index is 510. The average molecular weight is 264 g/mol. The van der Waals surface area contributed by atoms with Gasteiger partial charge in [0.2, 0.25) is 0 Å². The van der Waals surface area contributed by atoms with Crippen LogP contribution in [-0.4, -0.2) is 16.9 Å². The van der Waals surface area contributed by atoms with E-state index in [2.05, 4.69) is 0 Å². The van der Waals surface area contributed by atoms with Gasteiger partial charge in [0.1, 0.15) is 11.6 Å². The maximum Gasteiger partial charge on any atom is 0.310 e. The summed E-state index contributed by atoms with van der Waals surface area (Å²) in [5, 5.41) is 8.88. The number of ketones is 1. The standard InChI is InChI=1S/C15H17FO3/c1-9(15(18)19)12-6-5-10(8-13(12)16)7-11-3-2-4-14(11)17/h5-6,8-9,11H,2-4,7H2,1H3,(H,18,19)/t9-,11+/m1/s1. The summed E-state index contributed by atoms with van der Waals surface area (Å²) in [5.74, 6) is -2.15. The molecule has 0 spiro atoms. The maximum atomic E-state index is 13.9. The number of carbonyl (C=O) groups excluding carboxylic acids is 1. The van der Waals surface area contributed by atoms with Gasteiger partial charge in [-0.3, -0.25) is 9.59 Å². The van der Waals surface area contributed by atoms with Crippen molar-refractivity contribution in [3.05, 3.63) is 35.1 Å². The zero-order valence-electron chi connectivity index (χ0n) is 10.9. The molecule has 1 saturated carbocycles. The zero-order chi connectivity index (χ0) is 14.0. The van der Waals surface area contributed by atoms with Gasteiger partial charge in [-0.05, 0) is 37.8 Å². The van der Waals surface area contributed by atoms with Gasteiger partial charge in [-0.2, -0.15) is 0 Å². The van der Waals surface area contributed by atoms with Gasteiger partial charge < -0.3 is 5.11 Å². The van der Waals surface area contributed by atoms with E-state index in [0.29, 0.717) is 12.8 Å². The number of aliphatic carboxylic acids is 1. The highest BCUT2D eigenvalue weighted by Gasteiger charge is 2.25. The van der Waals surface area contributed by atoms with Crippen molar-refractivity contribution < 1.29 is 19.1 Å². The molecule has 0 amide bonds. The molecule has 4 heteroatoms. The van der Waals surface area contributed by atoms with Crippen LogP contribution in [0.3, 0.4) is 0 Å². The molecule has 0 aliphatic heterocycles. The van der Waals surface area contributed by atoms with Crippen molar-refractivity contribution in [2.24, 2.45) is 5.92 Å². The van der Waals surface area contributed by atoms with Gasteiger partial charge in [-0.1, -0.05) is 12.1 Å². The number of carboxylic acid groups (broad SMARTS) is 1. The number of halogens is 1. The van der Waals surface area contributed by atoms with Crippen LogP contribution in [0.15, 0.2) is 18.2 Å². The summed E-state index contributed by atoms with van der Waals surface area (Å²) >= 11 is 0. The van der Waals surface area contributed by atoms with Crippen LogP contribution in [0, 0.1) is 11.7 Å². The summed E-state index contributed by atoms with van der Waals surface area (Å²) in [6.45, 7) is 1.46. The van der Waals surface area contributed by atoms with Crippen LogP contribution in [0.2, 0.25) is 0 Å². The Kier molecular flexibility index (Phi) is 3.98. The summed E-state index contributed by atoms with van der Waals surface area (Å²) in [6.07, 6.45) is 2.96. The highest BCUT2D eigenvalue weighted by atomic mass is 19.1. The van der Waals surface area contributed by atoms with Crippen LogP contribution < -0.4 is 0 Å². The van der Waals surface area contributed by atoms with Gasteiger partial charge in [-0.15, -0.1) is 0 Å². The lowest BCUT2D eigenvalue weighted by atomic mass is 9.94. The number of hydrogen-bond donors (Lipinski definition) is 1. The molecule has 0 bridgehead atoms. The van der Waals surface area contributed by atoms with Crippen LogP contribution in [-0.2, 0) is 16.0 Å². The van der Waals surface area contributed by atoms with Crippen LogP contribution in [0.4, 0.5) is 4.39 Å². The summed E-state index contributed by atoms with van der Waals surface area (Å²) in [6, 6.07) is 4.60. The molecular formula is C15H17FO3. The Labute approximate surface area is 111 Å². The summed E-state index contributed by atoms with van der Waals surface area (Å²) < 4.78 is 13.9. The second-order valence-corrected chi connectivity index (χ2v) is 5.18. The molecule has 1 aliphatic rings. The predicted molar refractivity (Wildman–Crippen MR) is 68.5 cm³/mol. The highest BCUT2D eigenvalue weighted by molar-refractivity contribution is 5.83. The van der Waals surface area contributed by atoms with Crippen LogP contribution in [0.5, 0.6) is 0 Å². The van der Waals surface area contributed by atoms with E-state index in [1.54, 1.807) is 6.07 Å². The van der Waals surface area contributed by atoms with Crippen molar-refractivity contribution in [3.63, 3.8) is 0 Å². The molecule has 1 aromatic rings. The fourth-order valence-corrected chi connectivity index (χ4v) is 2.57. The Morgan fingerprint density at radius 2 is 2.26 bits per heavy atom. The quantitative estimate of drug-likeness (QED) is 0.909. The van der Waals surface area contributed by atoms with Crippen molar-refractivity contribution in [3.8, 4) is 0 Å². The molecule has 0 heterocycles. The minimum Gasteiger partial charge on any atom is -0.481 e. The van der Waals surface area contributed by atoms with E-state index in [9.17, 15) is 14.0 Å². The van der Waals surface area contributed by atoms with Gasteiger partial charge in [-0.25, -0.2) is 4.39 Å². The topological polar surface area (TPSA) is 54.4 Å². The third-order valence-electron chi connectivity index (χ3n) is 3.82. The van der Waals surface area contributed by atoms with Crippen molar-refractivity contribution in [1.29, 1.82) is 0 Å². The first-order chi connectivity index (χ1) is 8.99. The summed E-state index contributed by atoms with van der Waals surface area (Å²) in [5.41, 5.74) is 0.952. The Hall–Kier alpha value is -1.71. The van der Waals surface area contributed by atoms with E-state index in [0.717, 1.165) is 18.4 Å². The molecule has 3 nitrogen and oxygen atoms in total. The van der Waals surface area contributed by atoms with Crippen molar-refractivity contribution in [1.82, 2.24) is 0 Å². The van der Waals surface area contributed by atoms with Crippen LogP contribution in [0.1, 0.15) is 43.2 Å². The fraction of sp³-hybridized carbons (Fsp3) is 0.467. The number of hydrogen-bond acceptors (Lipinski definition) is 2. The third-order valence-corrected chi connectivity index (χ3v) is 3.82. The summed E-state index contributed by atoms with van der Waals surface area (Å²) in [4.78, 5) is 22.4. The molecule has 1 aliphatic carbocycles. The van der Waals surface area contributed by atoms with Crippen molar-refractivity contribution >= 4 is 11.8 Å². The molecule has 1 fully saturated rings. The van der Waals surface area contributed by atoms with Gasteiger partial charge >= 0.3 is 5.97 Å². The molecule has 1 N–H and O–H groups in total. The first-order valence-electron chi connectivity index (χ1n) is 6.53. The Balaban J connectivity index is 2.14. The number of carbonyl (C=O) groups is 2. The van der Waals surface area contributed by atoms with E-state index in [1.807, 2.05) is 0 Å². The lowest BCUT2D eigenvalue weighted by molar-refractivity contribution is -0.138. The first kappa shape index (κ1) is 13.7. The molecule has 19 heavy (non-hydrogen) atoms.